The van der Waals surface area contributed by atoms with Crippen LogP contribution in [-0.2, 0) is 4.79 Å². The second-order valence-corrected chi connectivity index (χ2v) is 7.37. The van der Waals surface area contributed by atoms with Gasteiger partial charge in [0.2, 0.25) is 5.91 Å². The summed E-state index contributed by atoms with van der Waals surface area (Å²) in [6, 6.07) is 10.5. The zero-order chi connectivity index (χ0) is 16.4. The van der Waals surface area contributed by atoms with Crippen molar-refractivity contribution in [2.24, 2.45) is 5.92 Å². The molecular weight excluding hydrogens is 306 g/mol. The number of aliphatic hydroxyl groups excluding tert-OH is 1. The van der Waals surface area contributed by atoms with Crippen LogP contribution in [0.2, 0.25) is 0 Å². The van der Waals surface area contributed by atoms with E-state index >= 15 is 0 Å². The summed E-state index contributed by atoms with van der Waals surface area (Å²) >= 11 is 1.55. The molecule has 23 heavy (non-hydrogen) atoms. The van der Waals surface area contributed by atoms with Gasteiger partial charge in [-0.1, -0.05) is 38.1 Å². The van der Waals surface area contributed by atoms with E-state index in [1.54, 1.807) is 11.3 Å². The summed E-state index contributed by atoms with van der Waals surface area (Å²) < 4.78 is 0. The second kappa shape index (κ2) is 6.85. The van der Waals surface area contributed by atoms with E-state index < -0.39 is 6.10 Å². The predicted molar refractivity (Wildman–Crippen MR) is 93.7 cm³/mol. The minimum absolute atomic E-state index is 0.0505. The van der Waals surface area contributed by atoms with Crippen molar-refractivity contribution in [3.05, 3.63) is 57.8 Å². The Labute approximate surface area is 141 Å². The maximum absolute atomic E-state index is 12.2. The standard InChI is InChI=1S/C19H23NO2S/c1-12(2)13-3-5-14(6-4-13)16-9-17(16)19(22)20-10-18(21)15-7-8-23-11-15/h3-8,11-12,16-18,21H,9-10H2,1-2H3,(H,20,22). The van der Waals surface area contributed by atoms with Gasteiger partial charge in [0.25, 0.3) is 0 Å². The van der Waals surface area contributed by atoms with E-state index in [1.165, 1.54) is 11.1 Å². The molecule has 2 N–H and O–H groups in total. The Morgan fingerprint density at radius 1 is 1.26 bits per heavy atom. The molecule has 0 spiro atoms. The molecule has 1 amide bonds. The number of rotatable bonds is 6. The Bertz CT molecular complexity index is 649. The van der Waals surface area contributed by atoms with E-state index in [9.17, 15) is 9.90 Å². The van der Waals surface area contributed by atoms with Crippen LogP contribution in [0.3, 0.4) is 0 Å². The van der Waals surface area contributed by atoms with Crippen molar-refractivity contribution in [1.82, 2.24) is 5.32 Å². The molecule has 122 valence electrons. The van der Waals surface area contributed by atoms with E-state index in [1.807, 2.05) is 16.8 Å². The molecule has 1 fully saturated rings. The third-order valence-corrected chi connectivity index (χ3v) is 5.26. The second-order valence-electron chi connectivity index (χ2n) is 6.59. The van der Waals surface area contributed by atoms with Crippen LogP contribution in [0.25, 0.3) is 0 Å². The summed E-state index contributed by atoms with van der Waals surface area (Å²) in [4.78, 5) is 12.2. The van der Waals surface area contributed by atoms with E-state index in [0.717, 1.165) is 12.0 Å². The summed E-state index contributed by atoms with van der Waals surface area (Å²) in [7, 11) is 0. The Kier molecular flexibility index (Phi) is 4.83. The van der Waals surface area contributed by atoms with Crippen molar-refractivity contribution in [1.29, 1.82) is 0 Å². The van der Waals surface area contributed by atoms with Gasteiger partial charge in [-0.25, -0.2) is 0 Å². The minimum Gasteiger partial charge on any atom is -0.387 e. The SMILES string of the molecule is CC(C)c1ccc(C2CC2C(=O)NCC(O)c2ccsc2)cc1. The van der Waals surface area contributed by atoms with Gasteiger partial charge in [-0.05, 0) is 51.8 Å². The van der Waals surface area contributed by atoms with Crippen LogP contribution < -0.4 is 5.32 Å². The topological polar surface area (TPSA) is 49.3 Å². The largest absolute Gasteiger partial charge is 0.387 e. The average molecular weight is 329 g/mol. The molecule has 1 saturated carbocycles. The quantitative estimate of drug-likeness (QED) is 0.846. The van der Waals surface area contributed by atoms with Gasteiger partial charge in [0.15, 0.2) is 0 Å². The third-order valence-electron chi connectivity index (χ3n) is 4.56. The summed E-state index contributed by atoms with van der Waals surface area (Å²) in [5.74, 6) is 0.960. The van der Waals surface area contributed by atoms with Crippen molar-refractivity contribution in [2.45, 2.75) is 38.2 Å². The van der Waals surface area contributed by atoms with Crippen LogP contribution in [0.15, 0.2) is 41.1 Å². The Morgan fingerprint density at radius 2 is 2.00 bits per heavy atom. The molecule has 0 saturated heterocycles. The number of aliphatic hydroxyl groups is 1. The zero-order valence-electron chi connectivity index (χ0n) is 13.5. The number of amides is 1. The number of carbonyl (C=O) groups is 1. The lowest BCUT2D eigenvalue weighted by Crippen LogP contribution is -2.29. The summed E-state index contributed by atoms with van der Waals surface area (Å²) in [6.07, 6.45) is 0.286. The Morgan fingerprint density at radius 3 is 2.61 bits per heavy atom. The van der Waals surface area contributed by atoms with Gasteiger partial charge < -0.3 is 10.4 Å². The van der Waals surface area contributed by atoms with Gasteiger partial charge in [-0.15, -0.1) is 0 Å². The van der Waals surface area contributed by atoms with Gasteiger partial charge in [0.05, 0.1) is 6.10 Å². The zero-order valence-corrected chi connectivity index (χ0v) is 14.3. The van der Waals surface area contributed by atoms with Crippen LogP contribution in [0.1, 0.15) is 54.9 Å². The van der Waals surface area contributed by atoms with Gasteiger partial charge in [0, 0.05) is 12.5 Å². The molecule has 0 aliphatic heterocycles. The Balaban J connectivity index is 1.50. The van der Waals surface area contributed by atoms with E-state index in [4.69, 9.17) is 0 Å². The molecule has 3 atom stereocenters. The number of nitrogens with one attached hydrogen (secondary N) is 1. The lowest BCUT2D eigenvalue weighted by atomic mass is 10.00. The first kappa shape index (κ1) is 16.2. The molecule has 0 radical (unpaired) electrons. The molecule has 1 aromatic heterocycles. The summed E-state index contributed by atoms with van der Waals surface area (Å²) in [5, 5.41) is 16.7. The first-order chi connectivity index (χ1) is 11.1. The Hall–Kier alpha value is -1.65. The number of hydrogen-bond donors (Lipinski definition) is 2. The van der Waals surface area contributed by atoms with Gasteiger partial charge in [0.1, 0.15) is 0 Å². The molecule has 3 unspecified atom stereocenters. The van der Waals surface area contributed by atoms with E-state index in [0.29, 0.717) is 11.8 Å². The van der Waals surface area contributed by atoms with Crippen LogP contribution in [0, 0.1) is 5.92 Å². The average Bonchev–Trinajstić information content (AvgIpc) is 3.17. The molecule has 1 aromatic carbocycles. The first-order valence-electron chi connectivity index (χ1n) is 8.14. The molecule has 0 bridgehead atoms. The molecule has 3 rings (SSSR count). The fourth-order valence-corrected chi connectivity index (χ4v) is 3.60. The highest BCUT2D eigenvalue weighted by Crippen LogP contribution is 2.47. The van der Waals surface area contributed by atoms with Gasteiger partial charge in [-0.3, -0.25) is 4.79 Å². The maximum atomic E-state index is 12.2. The number of benzene rings is 1. The first-order valence-corrected chi connectivity index (χ1v) is 9.08. The molecule has 1 heterocycles. The van der Waals surface area contributed by atoms with Gasteiger partial charge in [-0.2, -0.15) is 11.3 Å². The highest BCUT2D eigenvalue weighted by Gasteiger charge is 2.43. The fraction of sp³-hybridized carbons (Fsp3) is 0.421. The predicted octanol–water partition coefficient (Wildman–Crippen LogP) is 3.82. The monoisotopic (exact) mass is 329 g/mol. The van der Waals surface area contributed by atoms with Crippen LogP contribution >= 0.6 is 11.3 Å². The smallest absolute Gasteiger partial charge is 0.223 e. The van der Waals surface area contributed by atoms with Crippen molar-refractivity contribution in [2.75, 3.05) is 6.54 Å². The fourth-order valence-electron chi connectivity index (χ4n) is 2.89. The van der Waals surface area contributed by atoms with Crippen LogP contribution in [-0.4, -0.2) is 17.6 Å². The lowest BCUT2D eigenvalue weighted by Gasteiger charge is -2.11. The summed E-state index contributed by atoms with van der Waals surface area (Å²) in [5.41, 5.74) is 3.44. The lowest BCUT2D eigenvalue weighted by molar-refractivity contribution is -0.122. The molecule has 1 aliphatic rings. The molecular formula is C19H23NO2S. The third kappa shape index (κ3) is 3.82. The van der Waals surface area contributed by atoms with Crippen LogP contribution in [0.4, 0.5) is 0 Å². The molecule has 2 aromatic rings. The highest BCUT2D eigenvalue weighted by atomic mass is 32.1. The summed E-state index contributed by atoms with van der Waals surface area (Å²) in [6.45, 7) is 4.65. The van der Waals surface area contributed by atoms with E-state index in [2.05, 4.69) is 43.4 Å². The molecule has 3 nitrogen and oxygen atoms in total. The van der Waals surface area contributed by atoms with Crippen LogP contribution in [0.5, 0.6) is 0 Å². The van der Waals surface area contributed by atoms with Crippen molar-refractivity contribution >= 4 is 17.2 Å². The van der Waals surface area contributed by atoms with E-state index in [-0.39, 0.29) is 18.4 Å². The van der Waals surface area contributed by atoms with Gasteiger partial charge >= 0.3 is 0 Å². The number of thiophene rings is 1. The normalized spacial score (nSPS) is 21.2. The molecule has 4 heteroatoms. The van der Waals surface area contributed by atoms with Crippen molar-refractivity contribution in [3.63, 3.8) is 0 Å². The molecule has 1 aliphatic carbocycles. The highest BCUT2D eigenvalue weighted by molar-refractivity contribution is 7.07. The minimum atomic E-state index is -0.618. The number of hydrogen-bond acceptors (Lipinski definition) is 3. The maximum Gasteiger partial charge on any atom is 0.223 e. The number of carbonyl (C=O) groups excluding carboxylic acids is 1. The van der Waals surface area contributed by atoms with Crippen molar-refractivity contribution in [3.8, 4) is 0 Å². The van der Waals surface area contributed by atoms with Crippen molar-refractivity contribution < 1.29 is 9.90 Å².